The first-order chi connectivity index (χ1) is 5.66. The van der Waals surface area contributed by atoms with Gasteiger partial charge in [-0.1, -0.05) is 13.8 Å². The van der Waals surface area contributed by atoms with Crippen LogP contribution in [-0.4, -0.2) is 26.2 Å². The van der Waals surface area contributed by atoms with Crippen LogP contribution in [0.15, 0.2) is 0 Å². The van der Waals surface area contributed by atoms with E-state index in [4.69, 9.17) is 4.74 Å². The van der Waals surface area contributed by atoms with Gasteiger partial charge in [0.15, 0.2) is 0 Å². The van der Waals surface area contributed by atoms with Crippen LogP contribution in [0.25, 0.3) is 0 Å². The zero-order valence-corrected chi connectivity index (χ0v) is 8.22. The number of nitrogens with one attached hydrogen (secondary N) is 1. The Labute approximate surface area is 74.5 Å². The van der Waals surface area contributed by atoms with Gasteiger partial charge in [-0.2, -0.15) is 0 Å². The van der Waals surface area contributed by atoms with Gasteiger partial charge in [0.1, 0.15) is 0 Å². The molecule has 1 N–H and O–H groups in total. The smallest absolute Gasteiger partial charge is 0.220 e. The Hall–Kier alpha value is -0.570. The number of amides is 1. The van der Waals surface area contributed by atoms with Crippen LogP contribution < -0.4 is 5.32 Å². The Bertz CT molecular complexity index is 124. The molecule has 0 aromatic rings. The van der Waals surface area contributed by atoms with Crippen molar-refractivity contribution in [2.75, 3.05) is 20.3 Å². The Morgan fingerprint density at radius 2 is 2.17 bits per heavy atom. The molecule has 0 aliphatic heterocycles. The number of methoxy groups -OCH3 is 1. The summed E-state index contributed by atoms with van der Waals surface area (Å²) >= 11 is 0. The molecular weight excluding hydrogens is 154 g/mol. The number of hydrogen-bond acceptors (Lipinski definition) is 2. The van der Waals surface area contributed by atoms with Gasteiger partial charge in [-0.3, -0.25) is 4.79 Å². The first-order valence-corrected chi connectivity index (χ1v) is 4.42. The second-order valence-corrected chi connectivity index (χ2v) is 3.29. The summed E-state index contributed by atoms with van der Waals surface area (Å²) in [5.41, 5.74) is 0. The number of ether oxygens (including phenoxy) is 1. The van der Waals surface area contributed by atoms with E-state index in [2.05, 4.69) is 19.2 Å². The highest BCUT2D eigenvalue weighted by Crippen LogP contribution is 1.91. The zero-order valence-electron chi connectivity index (χ0n) is 8.22. The van der Waals surface area contributed by atoms with E-state index in [1.807, 2.05) is 0 Å². The second kappa shape index (κ2) is 7.10. The molecule has 0 spiro atoms. The van der Waals surface area contributed by atoms with Gasteiger partial charge in [-0.15, -0.1) is 0 Å². The van der Waals surface area contributed by atoms with Crippen LogP contribution in [0.3, 0.4) is 0 Å². The monoisotopic (exact) mass is 173 g/mol. The number of carbonyl (C=O) groups excluding carboxylic acids is 1. The summed E-state index contributed by atoms with van der Waals surface area (Å²) in [6, 6.07) is 0. The molecule has 0 rings (SSSR count). The number of carbonyl (C=O) groups is 1. The first kappa shape index (κ1) is 11.4. The van der Waals surface area contributed by atoms with Gasteiger partial charge in [0.05, 0.1) is 0 Å². The number of hydrogen-bond donors (Lipinski definition) is 1. The van der Waals surface area contributed by atoms with Gasteiger partial charge < -0.3 is 10.1 Å². The van der Waals surface area contributed by atoms with Crippen molar-refractivity contribution >= 4 is 5.91 Å². The summed E-state index contributed by atoms with van der Waals surface area (Å²) in [5.74, 6) is 0.650. The maximum atomic E-state index is 11.1. The molecule has 0 heterocycles. The lowest BCUT2D eigenvalue weighted by molar-refractivity contribution is -0.121. The quantitative estimate of drug-likeness (QED) is 0.613. The Balaban J connectivity index is 3.22. The van der Waals surface area contributed by atoms with Crippen LogP contribution >= 0.6 is 0 Å². The molecule has 0 aliphatic carbocycles. The Morgan fingerprint density at radius 1 is 1.50 bits per heavy atom. The van der Waals surface area contributed by atoms with Gasteiger partial charge in [-0.05, 0) is 12.3 Å². The molecule has 0 unspecified atom stereocenters. The molecule has 0 bridgehead atoms. The summed E-state index contributed by atoms with van der Waals surface area (Å²) in [5, 5.41) is 2.85. The third-order valence-corrected chi connectivity index (χ3v) is 1.46. The molecule has 0 radical (unpaired) electrons. The van der Waals surface area contributed by atoms with Gasteiger partial charge in [-0.25, -0.2) is 0 Å². The minimum absolute atomic E-state index is 0.126. The predicted octanol–water partition coefficient (Wildman–Crippen LogP) is 1.19. The molecule has 0 saturated carbocycles. The minimum Gasteiger partial charge on any atom is -0.385 e. The highest BCUT2D eigenvalue weighted by molar-refractivity contribution is 5.75. The lowest BCUT2D eigenvalue weighted by Crippen LogP contribution is -2.27. The molecule has 3 heteroatoms. The molecule has 0 aliphatic rings. The van der Waals surface area contributed by atoms with Crippen molar-refractivity contribution in [1.29, 1.82) is 0 Å². The lowest BCUT2D eigenvalue weighted by Gasteiger charge is -2.06. The van der Waals surface area contributed by atoms with E-state index in [0.717, 1.165) is 13.0 Å². The largest absolute Gasteiger partial charge is 0.385 e. The summed E-state index contributed by atoms with van der Waals surface area (Å²) in [6.45, 7) is 5.59. The van der Waals surface area contributed by atoms with Gasteiger partial charge in [0, 0.05) is 26.7 Å². The van der Waals surface area contributed by atoms with Crippen LogP contribution in [0.2, 0.25) is 0 Å². The maximum absolute atomic E-state index is 11.1. The van der Waals surface area contributed by atoms with E-state index in [1.165, 1.54) is 0 Å². The normalized spacial score (nSPS) is 10.3. The average Bonchev–Trinajstić information content (AvgIpc) is 2.01. The molecular formula is C9H19NO2. The topological polar surface area (TPSA) is 38.3 Å². The summed E-state index contributed by atoms with van der Waals surface area (Å²) in [6.07, 6.45) is 1.38. The van der Waals surface area contributed by atoms with Crippen molar-refractivity contribution in [3.8, 4) is 0 Å². The number of rotatable bonds is 6. The van der Waals surface area contributed by atoms with Crippen LogP contribution in [0.1, 0.15) is 26.7 Å². The van der Waals surface area contributed by atoms with Crippen molar-refractivity contribution in [1.82, 2.24) is 5.32 Å². The summed E-state index contributed by atoms with van der Waals surface area (Å²) < 4.78 is 4.84. The van der Waals surface area contributed by atoms with Crippen molar-refractivity contribution < 1.29 is 9.53 Å². The SMILES string of the molecule is COCCCC(=O)NCC(C)C. The lowest BCUT2D eigenvalue weighted by atomic mass is 10.2. The highest BCUT2D eigenvalue weighted by Gasteiger charge is 2.00. The second-order valence-electron chi connectivity index (χ2n) is 3.29. The van der Waals surface area contributed by atoms with Crippen LogP contribution in [0.4, 0.5) is 0 Å². The van der Waals surface area contributed by atoms with Crippen molar-refractivity contribution in [2.45, 2.75) is 26.7 Å². The van der Waals surface area contributed by atoms with E-state index in [0.29, 0.717) is 18.9 Å². The van der Waals surface area contributed by atoms with E-state index in [1.54, 1.807) is 7.11 Å². The summed E-state index contributed by atoms with van der Waals surface area (Å²) in [7, 11) is 1.64. The molecule has 0 aromatic heterocycles. The van der Waals surface area contributed by atoms with E-state index in [-0.39, 0.29) is 5.91 Å². The first-order valence-electron chi connectivity index (χ1n) is 4.42. The fraction of sp³-hybridized carbons (Fsp3) is 0.889. The molecule has 12 heavy (non-hydrogen) atoms. The molecule has 1 amide bonds. The molecule has 3 nitrogen and oxygen atoms in total. The average molecular weight is 173 g/mol. The van der Waals surface area contributed by atoms with Gasteiger partial charge in [0.2, 0.25) is 5.91 Å². The molecule has 72 valence electrons. The summed E-state index contributed by atoms with van der Waals surface area (Å²) in [4.78, 5) is 11.1. The van der Waals surface area contributed by atoms with Crippen molar-refractivity contribution in [3.05, 3.63) is 0 Å². The molecule has 0 saturated heterocycles. The fourth-order valence-corrected chi connectivity index (χ4v) is 0.783. The fourth-order valence-electron chi connectivity index (χ4n) is 0.783. The van der Waals surface area contributed by atoms with E-state index >= 15 is 0 Å². The predicted molar refractivity (Wildman–Crippen MR) is 49.0 cm³/mol. The van der Waals surface area contributed by atoms with Crippen molar-refractivity contribution in [3.63, 3.8) is 0 Å². The molecule has 0 aromatic carbocycles. The van der Waals surface area contributed by atoms with Crippen LogP contribution in [0.5, 0.6) is 0 Å². The van der Waals surface area contributed by atoms with Gasteiger partial charge >= 0.3 is 0 Å². The van der Waals surface area contributed by atoms with E-state index < -0.39 is 0 Å². The standard InChI is InChI=1S/C9H19NO2/c1-8(2)7-10-9(11)5-4-6-12-3/h8H,4-7H2,1-3H3,(H,10,11). The van der Waals surface area contributed by atoms with E-state index in [9.17, 15) is 4.79 Å². The molecule has 0 fully saturated rings. The van der Waals surface area contributed by atoms with Gasteiger partial charge in [0.25, 0.3) is 0 Å². The molecule has 0 atom stereocenters. The Morgan fingerprint density at radius 3 is 2.67 bits per heavy atom. The van der Waals surface area contributed by atoms with Crippen molar-refractivity contribution in [2.24, 2.45) is 5.92 Å². The third-order valence-electron chi connectivity index (χ3n) is 1.46. The third kappa shape index (κ3) is 7.54. The van der Waals surface area contributed by atoms with Crippen LogP contribution in [-0.2, 0) is 9.53 Å². The Kier molecular flexibility index (Phi) is 6.76. The minimum atomic E-state index is 0.126. The van der Waals surface area contributed by atoms with Crippen LogP contribution in [0, 0.1) is 5.92 Å². The highest BCUT2D eigenvalue weighted by atomic mass is 16.5. The zero-order chi connectivity index (χ0) is 9.40. The maximum Gasteiger partial charge on any atom is 0.220 e.